The van der Waals surface area contributed by atoms with Crippen molar-refractivity contribution in [3.63, 3.8) is 0 Å². The number of benzene rings is 2. The van der Waals surface area contributed by atoms with Gasteiger partial charge in [0.25, 0.3) is 0 Å². The van der Waals surface area contributed by atoms with Gasteiger partial charge in [0.2, 0.25) is 0 Å². The fraction of sp³-hybridized carbons (Fsp3) is 0.429. The van der Waals surface area contributed by atoms with Crippen molar-refractivity contribution >= 4 is 0 Å². The quantitative estimate of drug-likeness (QED) is 0.694. The number of rotatable bonds is 0. The average molecular weight is 308 g/mol. The summed E-state index contributed by atoms with van der Waals surface area (Å²) in [6, 6.07) is 13.0. The summed E-state index contributed by atoms with van der Waals surface area (Å²) in [5.74, 6) is 2.56. The van der Waals surface area contributed by atoms with Crippen LogP contribution in [-0.4, -0.2) is 12.7 Å². The molecule has 0 N–H and O–H groups in total. The molecule has 3 aliphatic heterocycles. The van der Waals surface area contributed by atoms with Gasteiger partial charge in [-0.3, -0.25) is 0 Å². The normalized spacial score (nSPS) is 24.3. The Morgan fingerprint density at radius 2 is 1.74 bits per heavy atom. The summed E-state index contributed by atoms with van der Waals surface area (Å²) in [5.41, 5.74) is 5.62. The zero-order valence-corrected chi connectivity index (χ0v) is 14.3. The lowest BCUT2D eigenvalue weighted by Gasteiger charge is -2.38. The van der Waals surface area contributed by atoms with Gasteiger partial charge in [0.05, 0.1) is 0 Å². The summed E-state index contributed by atoms with van der Waals surface area (Å²) in [7, 11) is 0. The summed E-state index contributed by atoms with van der Waals surface area (Å²) in [4.78, 5) is 0. The minimum atomic E-state index is -0.0184. The lowest BCUT2D eigenvalue weighted by molar-refractivity contribution is 0.141. The second-order valence-corrected chi connectivity index (χ2v) is 7.50. The predicted octanol–water partition coefficient (Wildman–Crippen LogP) is 4.83. The fourth-order valence-corrected chi connectivity index (χ4v) is 3.94. The molecule has 2 aromatic rings. The Morgan fingerprint density at radius 1 is 1.00 bits per heavy atom. The van der Waals surface area contributed by atoms with Crippen molar-refractivity contribution in [3.05, 3.63) is 58.7 Å². The van der Waals surface area contributed by atoms with Crippen LogP contribution in [0.25, 0.3) is 0 Å². The molecular weight excluding hydrogens is 284 g/mol. The Labute approximate surface area is 138 Å². The van der Waals surface area contributed by atoms with Crippen LogP contribution < -0.4 is 9.47 Å². The van der Waals surface area contributed by atoms with E-state index in [4.69, 9.17) is 9.47 Å². The summed E-state index contributed by atoms with van der Waals surface area (Å²) >= 11 is 0. The van der Waals surface area contributed by atoms with Crippen LogP contribution in [0.4, 0.5) is 0 Å². The van der Waals surface area contributed by atoms with Crippen LogP contribution in [-0.2, 0) is 11.8 Å². The molecule has 0 fully saturated rings. The van der Waals surface area contributed by atoms with E-state index >= 15 is 0 Å². The number of ether oxygens (including phenoxy) is 2. The first-order valence-corrected chi connectivity index (χ1v) is 8.53. The maximum absolute atomic E-state index is 6.17. The maximum Gasteiger partial charge on any atom is 0.130 e. The van der Waals surface area contributed by atoms with E-state index in [2.05, 4.69) is 64.1 Å². The Hall–Kier alpha value is -1.96. The molecule has 2 heteroatoms. The van der Waals surface area contributed by atoms with Crippen LogP contribution in [0.3, 0.4) is 0 Å². The molecule has 0 saturated carbocycles. The second-order valence-electron chi connectivity index (χ2n) is 7.50. The van der Waals surface area contributed by atoms with Crippen molar-refractivity contribution in [1.82, 2.24) is 0 Å². The highest BCUT2D eigenvalue weighted by Crippen LogP contribution is 2.48. The van der Waals surface area contributed by atoms with E-state index in [-0.39, 0.29) is 11.5 Å². The topological polar surface area (TPSA) is 18.5 Å². The lowest BCUT2D eigenvalue weighted by Crippen LogP contribution is -2.28. The van der Waals surface area contributed by atoms with Crippen molar-refractivity contribution in [1.29, 1.82) is 0 Å². The number of hydrogen-bond acceptors (Lipinski definition) is 2. The van der Waals surface area contributed by atoms with Gasteiger partial charge in [0, 0.05) is 5.41 Å². The predicted molar refractivity (Wildman–Crippen MR) is 92.7 cm³/mol. The summed E-state index contributed by atoms with van der Waals surface area (Å²) in [5, 5.41) is 0. The van der Waals surface area contributed by atoms with Crippen molar-refractivity contribution in [2.75, 3.05) is 6.61 Å². The van der Waals surface area contributed by atoms with Crippen LogP contribution in [0.2, 0.25) is 0 Å². The highest BCUT2D eigenvalue weighted by molar-refractivity contribution is 5.58. The molecule has 23 heavy (non-hydrogen) atoms. The van der Waals surface area contributed by atoms with E-state index in [9.17, 15) is 0 Å². The zero-order chi connectivity index (χ0) is 16.2. The van der Waals surface area contributed by atoms with E-state index in [0.717, 1.165) is 17.9 Å². The third-order valence-corrected chi connectivity index (χ3v) is 5.38. The van der Waals surface area contributed by atoms with Crippen LogP contribution in [0.1, 0.15) is 55.9 Å². The smallest absolute Gasteiger partial charge is 0.130 e. The maximum atomic E-state index is 6.17. The molecule has 2 aromatic carbocycles. The van der Waals surface area contributed by atoms with Gasteiger partial charge in [-0.1, -0.05) is 39.0 Å². The Balaban J connectivity index is 1.93. The lowest BCUT2D eigenvalue weighted by atomic mass is 9.67. The molecule has 0 amide bonds. The third kappa shape index (κ3) is 2.23. The van der Waals surface area contributed by atoms with E-state index < -0.39 is 0 Å². The first kappa shape index (κ1) is 14.6. The SMILES string of the molecule is CC1COc2ccc(cc2)C(C)(C)c2ccc(c3c2C(C)C3)O1. The molecule has 4 aliphatic rings. The van der Waals surface area contributed by atoms with E-state index in [1.54, 1.807) is 0 Å². The molecule has 0 aromatic heterocycles. The molecule has 0 spiro atoms. The summed E-state index contributed by atoms with van der Waals surface area (Å²) in [6.07, 6.45) is 1.15. The Morgan fingerprint density at radius 3 is 2.43 bits per heavy atom. The van der Waals surface area contributed by atoms with Crippen LogP contribution >= 0.6 is 0 Å². The van der Waals surface area contributed by atoms with Crippen molar-refractivity contribution in [2.45, 2.75) is 51.6 Å². The number of fused-ring (bicyclic) bond motifs is 1. The van der Waals surface area contributed by atoms with Gasteiger partial charge in [0.1, 0.15) is 24.2 Å². The second kappa shape index (κ2) is 5.02. The molecule has 1 aliphatic carbocycles. The largest absolute Gasteiger partial charge is 0.490 e. The van der Waals surface area contributed by atoms with Gasteiger partial charge in [-0.05, 0) is 59.7 Å². The molecule has 2 nitrogen and oxygen atoms in total. The fourth-order valence-electron chi connectivity index (χ4n) is 3.94. The highest BCUT2D eigenvalue weighted by Gasteiger charge is 2.35. The molecule has 6 rings (SSSR count). The molecular formula is C21H24O2. The Bertz CT molecular complexity index is 743. The average Bonchev–Trinajstić information content (AvgIpc) is 2.54. The first-order chi connectivity index (χ1) is 11.0. The molecule has 3 heterocycles. The van der Waals surface area contributed by atoms with Gasteiger partial charge in [-0.25, -0.2) is 0 Å². The molecule has 0 radical (unpaired) electrons. The molecule has 2 unspecified atom stereocenters. The van der Waals surface area contributed by atoms with Crippen molar-refractivity contribution in [2.24, 2.45) is 0 Å². The first-order valence-electron chi connectivity index (χ1n) is 8.53. The highest BCUT2D eigenvalue weighted by atomic mass is 16.5. The van der Waals surface area contributed by atoms with E-state index in [1.807, 2.05) is 0 Å². The van der Waals surface area contributed by atoms with Crippen molar-refractivity contribution in [3.8, 4) is 11.5 Å². The minimum absolute atomic E-state index is 0.0184. The molecule has 120 valence electrons. The monoisotopic (exact) mass is 308 g/mol. The number of hydrogen-bond donors (Lipinski definition) is 0. The van der Waals surface area contributed by atoms with Gasteiger partial charge in [0.15, 0.2) is 0 Å². The van der Waals surface area contributed by atoms with Gasteiger partial charge >= 0.3 is 0 Å². The van der Waals surface area contributed by atoms with Crippen LogP contribution in [0.15, 0.2) is 36.4 Å². The van der Waals surface area contributed by atoms with Crippen LogP contribution in [0, 0.1) is 0 Å². The molecule has 4 bridgehead atoms. The van der Waals surface area contributed by atoms with Gasteiger partial charge in [-0.15, -0.1) is 0 Å². The Kier molecular flexibility index (Phi) is 3.19. The van der Waals surface area contributed by atoms with Gasteiger partial charge < -0.3 is 9.47 Å². The molecule has 0 saturated heterocycles. The minimum Gasteiger partial charge on any atom is -0.490 e. The standard InChI is InChI=1S/C21H24O2/c1-13-11-17-19-10-9-18(20(13)17)21(3,4)15-5-7-16(8-6-15)22-12-14(2)23-19/h5-10,13-14H,11-12H2,1-4H3. The van der Waals surface area contributed by atoms with E-state index in [0.29, 0.717) is 12.5 Å². The van der Waals surface area contributed by atoms with Crippen molar-refractivity contribution < 1.29 is 9.47 Å². The summed E-state index contributed by atoms with van der Waals surface area (Å²) in [6.45, 7) is 9.58. The van der Waals surface area contributed by atoms with Gasteiger partial charge in [-0.2, -0.15) is 0 Å². The van der Waals surface area contributed by atoms with E-state index in [1.165, 1.54) is 22.3 Å². The van der Waals surface area contributed by atoms with Crippen LogP contribution in [0.5, 0.6) is 11.5 Å². The molecule has 2 atom stereocenters. The third-order valence-electron chi connectivity index (χ3n) is 5.38. The summed E-state index contributed by atoms with van der Waals surface area (Å²) < 4.78 is 12.0. The zero-order valence-electron chi connectivity index (χ0n) is 14.3.